The third kappa shape index (κ3) is 6.79. The maximum atomic E-state index is 13.9. The number of carbonyl (C=O) groups excluding carboxylic acids is 2. The zero-order valence-corrected chi connectivity index (χ0v) is 21.6. The van der Waals surface area contributed by atoms with E-state index in [1.165, 1.54) is 4.90 Å². The zero-order chi connectivity index (χ0) is 27.5. The molecule has 0 unspecified atom stereocenters. The van der Waals surface area contributed by atoms with Gasteiger partial charge < -0.3 is 24.8 Å². The van der Waals surface area contributed by atoms with Gasteiger partial charge in [-0.25, -0.2) is 0 Å². The van der Waals surface area contributed by atoms with Gasteiger partial charge in [0.05, 0.1) is 20.6 Å². The minimum Gasteiger partial charge on any atom is -0.493 e. The van der Waals surface area contributed by atoms with Crippen LogP contribution in [0.2, 0.25) is 0 Å². The molecule has 0 aliphatic rings. The summed E-state index contributed by atoms with van der Waals surface area (Å²) in [6, 6.07) is 19.6. The second-order valence-corrected chi connectivity index (χ2v) is 8.43. The highest BCUT2D eigenvalue weighted by molar-refractivity contribution is 6.06. The Kier molecular flexibility index (Phi) is 10.0. The molecular weight excluding hydrogens is 484 g/mol. The summed E-state index contributed by atoms with van der Waals surface area (Å²) < 4.78 is 10.9. The van der Waals surface area contributed by atoms with Crippen molar-refractivity contribution in [3.05, 3.63) is 96.1 Å². The fourth-order valence-electron chi connectivity index (χ4n) is 4.20. The molecule has 0 fully saturated rings. The van der Waals surface area contributed by atoms with E-state index < -0.39 is 5.97 Å². The lowest BCUT2D eigenvalue weighted by atomic mass is 9.94. The number of aliphatic carboxylic acids is 1. The minimum atomic E-state index is -1.00. The van der Waals surface area contributed by atoms with Crippen molar-refractivity contribution in [3.8, 4) is 22.6 Å². The molecule has 8 heteroatoms. The molecule has 198 valence electrons. The van der Waals surface area contributed by atoms with E-state index in [0.29, 0.717) is 46.7 Å². The summed E-state index contributed by atoms with van der Waals surface area (Å²) in [6.45, 7) is 4.22. The van der Waals surface area contributed by atoms with Gasteiger partial charge in [0.1, 0.15) is 0 Å². The van der Waals surface area contributed by atoms with Crippen LogP contribution < -0.4 is 14.8 Å². The molecule has 3 rings (SSSR count). The van der Waals surface area contributed by atoms with E-state index in [1.54, 1.807) is 74.9 Å². The minimum absolute atomic E-state index is 0.0241. The molecular formula is C30H32N2O6. The molecule has 0 saturated heterocycles. The van der Waals surface area contributed by atoms with E-state index >= 15 is 0 Å². The van der Waals surface area contributed by atoms with Gasteiger partial charge in [0.2, 0.25) is 0 Å². The first-order chi connectivity index (χ1) is 18.4. The topological polar surface area (TPSA) is 105 Å². The Morgan fingerprint density at radius 3 is 2.18 bits per heavy atom. The number of ether oxygens (including phenoxy) is 2. The van der Waals surface area contributed by atoms with E-state index in [4.69, 9.17) is 9.47 Å². The molecule has 3 aromatic rings. The van der Waals surface area contributed by atoms with Crippen molar-refractivity contribution in [3.63, 3.8) is 0 Å². The first kappa shape index (κ1) is 28.0. The molecule has 0 aromatic heterocycles. The van der Waals surface area contributed by atoms with Gasteiger partial charge in [0.15, 0.2) is 11.5 Å². The van der Waals surface area contributed by atoms with Crippen molar-refractivity contribution < 1.29 is 29.0 Å². The highest BCUT2D eigenvalue weighted by Gasteiger charge is 2.23. The van der Waals surface area contributed by atoms with Gasteiger partial charge in [-0.15, -0.1) is 6.58 Å². The average molecular weight is 517 g/mol. The average Bonchev–Trinajstić information content (AvgIpc) is 2.95. The first-order valence-electron chi connectivity index (χ1n) is 12.2. The van der Waals surface area contributed by atoms with Gasteiger partial charge in [0, 0.05) is 30.8 Å². The summed E-state index contributed by atoms with van der Waals surface area (Å²) in [7, 11) is 3.10. The third-order valence-corrected chi connectivity index (χ3v) is 6.04. The van der Waals surface area contributed by atoms with E-state index in [0.717, 1.165) is 5.56 Å². The number of nitrogens with one attached hydrogen (secondary N) is 1. The van der Waals surface area contributed by atoms with Crippen molar-refractivity contribution in [1.82, 2.24) is 10.2 Å². The SMILES string of the molecule is C=CCNC(=O)c1ccccc1-c1ccccc1C(=O)N(CCC(=O)O)CCc1cccc(OC)c1OC. The number of carboxylic acid groups (broad SMARTS) is 1. The van der Waals surface area contributed by atoms with Crippen LogP contribution in [-0.4, -0.2) is 61.6 Å². The summed E-state index contributed by atoms with van der Waals surface area (Å²) in [4.78, 5) is 39.6. The molecule has 3 aromatic carbocycles. The normalized spacial score (nSPS) is 10.4. The standard InChI is InChI=1S/C30H32N2O6/c1-4-18-31-29(35)24-13-7-5-11-22(24)23-12-6-8-14-25(23)30(36)32(20-17-27(33)34)19-16-21-10-9-15-26(37-2)28(21)38-3/h4-15H,1,16-20H2,2-3H3,(H,31,35)(H,33,34). The highest BCUT2D eigenvalue weighted by Crippen LogP contribution is 2.32. The van der Waals surface area contributed by atoms with Gasteiger partial charge >= 0.3 is 5.97 Å². The maximum absolute atomic E-state index is 13.9. The summed E-state index contributed by atoms with van der Waals surface area (Å²) >= 11 is 0. The fraction of sp³-hybridized carbons (Fsp3) is 0.233. The molecule has 0 radical (unpaired) electrons. The van der Waals surface area contributed by atoms with Crippen LogP contribution in [0, 0.1) is 0 Å². The van der Waals surface area contributed by atoms with Crippen LogP contribution >= 0.6 is 0 Å². The van der Waals surface area contributed by atoms with Crippen LogP contribution in [0.25, 0.3) is 11.1 Å². The van der Waals surface area contributed by atoms with Crippen molar-refractivity contribution in [1.29, 1.82) is 0 Å². The van der Waals surface area contributed by atoms with Gasteiger partial charge in [-0.1, -0.05) is 54.6 Å². The lowest BCUT2D eigenvalue weighted by Crippen LogP contribution is -2.35. The number of hydrogen-bond donors (Lipinski definition) is 2. The largest absolute Gasteiger partial charge is 0.493 e. The number of nitrogens with zero attached hydrogens (tertiary/aromatic N) is 1. The second kappa shape index (κ2) is 13.6. The molecule has 0 spiro atoms. The Hall–Kier alpha value is -4.59. The molecule has 8 nitrogen and oxygen atoms in total. The Morgan fingerprint density at radius 1 is 0.895 bits per heavy atom. The van der Waals surface area contributed by atoms with Crippen LogP contribution in [-0.2, 0) is 11.2 Å². The maximum Gasteiger partial charge on any atom is 0.305 e. The monoisotopic (exact) mass is 516 g/mol. The molecule has 38 heavy (non-hydrogen) atoms. The van der Waals surface area contributed by atoms with Crippen molar-refractivity contribution >= 4 is 17.8 Å². The molecule has 0 atom stereocenters. The molecule has 2 N–H and O–H groups in total. The van der Waals surface area contributed by atoms with Crippen molar-refractivity contribution in [2.75, 3.05) is 33.9 Å². The lowest BCUT2D eigenvalue weighted by Gasteiger charge is -2.24. The molecule has 0 bridgehead atoms. The van der Waals surface area contributed by atoms with E-state index in [-0.39, 0.29) is 31.3 Å². The smallest absolute Gasteiger partial charge is 0.305 e. The quantitative estimate of drug-likeness (QED) is 0.325. The number of hydrogen-bond acceptors (Lipinski definition) is 5. The number of carbonyl (C=O) groups is 3. The Balaban J connectivity index is 1.97. The fourth-order valence-corrected chi connectivity index (χ4v) is 4.20. The zero-order valence-electron chi connectivity index (χ0n) is 21.6. The lowest BCUT2D eigenvalue weighted by molar-refractivity contribution is -0.137. The number of carboxylic acids is 1. The highest BCUT2D eigenvalue weighted by atomic mass is 16.5. The predicted octanol–water partition coefficient (Wildman–Crippen LogP) is 4.45. The number of para-hydroxylation sites is 1. The summed E-state index contributed by atoms with van der Waals surface area (Å²) in [5, 5.41) is 12.1. The van der Waals surface area contributed by atoms with Gasteiger partial charge in [-0.3, -0.25) is 14.4 Å². The number of benzene rings is 3. The Morgan fingerprint density at radius 2 is 1.55 bits per heavy atom. The van der Waals surface area contributed by atoms with Gasteiger partial charge in [-0.2, -0.15) is 0 Å². The van der Waals surface area contributed by atoms with Crippen LogP contribution in [0.3, 0.4) is 0 Å². The summed E-state index contributed by atoms with van der Waals surface area (Å²) in [5.41, 5.74) is 2.82. The summed E-state index contributed by atoms with van der Waals surface area (Å²) in [6.07, 6.45) is 1.81. The molecule has 0 aliphatic heterocycles. The Bertz CT molecular complexity index is 1300. The van der Waals surface area contributed by atoms with Crippen LogP contribution in [0.1, 0.15) is 32.7 Å². The van der Waals surface area contributed by atoms with Crippen LogP contribution in [0.5, 0.6) is 11.5 Å². The molecule has 0 aliphatic carbocycles. The van der Waals surface area contributed by atoms with Crippen LogP contribution in [0.15, 0.2) is 79.4 Å². The van der Waals surface area contributed by atoms with Crippen molar-refractivity contribution in [2.24, 2.45) is 0 Å². The third-order valence-electron chi connectivity index (χ3n) is 6.04. The van der Waals surface area contributed by atoms with E-state index in [9.17, 15) is 19.5 Å². The molecule has 0 saturated carbocycles. The second-order valence-electron chi connectivity index (χ2n) is 8.43. The van der Waals surface area contributed by atoms with Gasteiger partial charge in [0.25, 0.3) is 11.8 Å². The van der Waals surface area contributed by atoms with Gasteiger partial charge in [-0.05, 0) is 41.3 Å². The molecule has 0 heterocycles. The summed E-state index contributed by atoms with van der Waals surface area (Å²) in [5.74, 6) is -0.467. The number of methoxy groups -OCH3 is 2. The Labute approximate surface area is 222 Å². The van der Waals surface area contributed by atoms with E-state index in [2.05, 4.69) is 11.9 Å². The predicted molar refractivity (Wildman–Crippen MR) is 146 cm³/mol. The molecule has 2 amide bonds. The first-order valence-corrected chi connectivity index (χ1v) is 12.2. The van der Waals surface area contributed by atoms with Crippen LogP contribution in [0.4, 0.5) is 0 Å². The van der Waals surface area contributed by atoms with E-state index in [1.807, 2.05) is 12.1 Å². The number of rotatable bonds is 13. The van der Waals surface area contributed by atoms with Crippen molar-refractivity contribution in [2.45, 2.75) is 12.8 Å². The number of amides is 2.